The van der Waals surface area contributed by atoms with Crippen molar-refractivity contribution in [2.24, 2.45) is 0 Å². The van der Waals surface area contributed by atoms with Gasteiger partial charge in [0, 0.05) is 18.7 Å². The minimum absolute atomic E-state index is 0.276. The van der Waals surface area contributed by atoms with E-state index in [0.717, 1.165) is 41.4 Å². The van der Waals surface area contributed by atoms with Gasteiger partial charge in [0.05, 0.1) is 5.69 Å². The Kier molecular flexibility index (Phi) is 4.58. The summed E-state index contributed by atoms with van der Waals surface area (Å²) in [6.07, 6.45) is 1.65. The third-order valence-corrected chi connectivity index (χ3v) is 4.32. The zero-order valence-corrected chi connectivity index (χ0v) is 14.4. The smallest absolute Gasteiger partial charge is 0.231 e. The van der Waals surface area contributed by atoms with E-state index in [1.807, 2.05) is 18.2 Å². The molecule has 2 heterocycles. The van der Waals surface area contributed by atoms with Crippen LogP contribution in [0.25, 0.3) is 11.5 Å². The predicted octanol–water partition coefficient (Wildman–Crippen LogP) is 4.23. The standard InChI is InChI=1S/C20H19FN2O3/c1-2-23(10-14-3-8-18-19(9-14)26-13-25-18)11-17-12-24-20(22-17)15-4-6-16(21)7-5-15/h3-9,12H,2,10-11,13H2,1H3. The van der Waals surface area contributed by atoms with Crippen LogP contribution in [0.5, 0.6) is 11.5 Å². The number of hydrogen-bond acceptors (Lipinski definition) is 5. The number of hydrogen-bond donors (Lipinski definition) is 0. The topological polar surface area (TPSA) is 47.7 Å². The maximum atomic E-state index is 13.0. The van der Waals surface area contributed by atoms with Crippen molar-refractivity contribution >= 4 is 0 Å². The molecule has 6 heteroatoms. The Bertz CT molecular complexity index is 892. The minimum atomic E-state index is -0.276. The van der Waals surface area contributed by atoms with E-state index < -0.39 is 0 Å². The fraction of sp³-hybridized carbons (Fsp3) is 0.250. The molecule has 5 nitrogen and oxygen atoms in total. The van der Waals surface area contributed by atoms with Gasteiger partial charge in [-0.3, -0.25) is 4.90 Å². The quantitative estimate of drug-likeness (QED) is 0.663. The molecule has 1 aliphatic rings. The average molecular weight is 354 g/mol. The lowest BCUT2D eigenvalue weighted by Crippen LogP contribution is -2.22. The van der Waals surface area contributed by atoms with Gasteiger partial charge in [-0.1, -0.05) is 13.0 Å². The van der Waals surface area contributed by atoms with Crippen LogP contribution < -0.4 is 9.47 Å². The van der Waals surface area contributed by atoms with Gasteiger partial charge in [0.15, 0.2) is 11.5 Å². The summed E-state index contributed by atoms with van der Waals surface area (Å²) in [5, 5.41) is 0. The molecule has 26 heavy (non-hydrogen) atoms. The number of aromatic nitrogens is 1. The van der Waals surface area contributed by atoms with E-state index in [1.165, 1.54) is 12.1 Å². The summed E-state index contributed by atoms with van der Waals surface area (Å²) in [5.74, 6) is 1.80. The van der Waals surface area contributed by atoms with Gasteiger partial charge >= 0.3 is 0 Å². The third-order valence-electron chi connectivity index (χ3n) is 4.32. The highest BCUT2D eigenvalue weighted by molar-refractivity contribution is 5.52. The second kappa shape index (κ2) is 7.17. The minimum Gasteiger partial charge on any atom is -0.454 e. The van der Waals surface area contributed by atoms with Crippen LogP contribution in [0.2, 0.25) is 0 Å². The summed E-state index contributed by atoms with van der Waals surface area (Å²) in [6, 6.07) is 12.1. The molecule has 4 rings (SSSR count). The summed E-state index contributed by atoms with van der Waals surface area (Å²) in [4.78, 5) is 6.78. The number of oxazole rings is 1. The SMILES string of the molecule is CCN(Cc1ccc2c(c1)OCO2)Cc1coc(-c2ccc(F)cc2)n1. The molecule has 1 aromatic heterocycles. The van der Waals surface area contributed by atoms with Crippen molar-refractivity contribution in [3.63, 3.8) is 0 Å². The molecule has 0 aliphatic carbocycles. The van der Waals surface area contributed by atoms with E-state index in [1.54, 1.807) is 18.4 Å². The van der Waals surface area contributed by atoms with E-state index in [9.17, 15) is 4.39 Å². The Morgan fingerprint density at radius 1 is 1.04 bits per heavy atom. The van der Waals surface area contributed by atoms with Crippen LogP contribution in [0.3, 0.4) is 0 Å². The maximum absolute atomic E-state index is 13.0. The number of ether oxygens (including phenoxy) is 2. The monoisotopic (exact) mass is 354 g/mol. The Morgan fingerprint density at radius 3 is 2.65 bits per heavy atom. The molecule has 134 valence electrons. The van der Waals surface area contributed by atoms with Crippen molar-refractivity contribution in [3.05, 3.63) is 65.8 Å². The van der Waals surface area contributed by atoms with Crippen LogP contribution in [0.15, 0.2) is 53.1 Å². The van der Waals surface area contributed by atoms with Gasteiger partial charge in [-0.25, -0.2) is 9.37 Å². The molecule has 0 saturated carbocycles. The third kappa shape index (κ3) is 3.55. The molecule has 2 aromatic carbocycles. The molecular formula is C20H19FN2O3. The van der Waals surface area contributed by atoms with Gasteiger partial charge in [-0.15, -0.1) is 0 Å². The molecule has 0 N–H and O–H groups in total. The second-order valence-corrected chi connectivity index (χ2v) is 6.14. The zero-order valence-electron chi connectivity index (χ0n) is 14.4. The largest absolute Gasteiger partial charge is 0.454 e. The Morgan fingerprint density at radius 2 is 1.85 bits per heavy atom. The van der Waals surface area contributed by atoms with E-state index in [-0.39, 0.29) is 12.6 Å². The molecule has 0 spiro atoms. The van der Waals surface area contributed by atoms with Gasteiger partial charge < -0.3 is 13.9 Å². The fourth-order valence-corrected chi connectivity index (χ4v) is 2.91. The van der Waals surface area contributed by atoms with Crippen LogP contribution in [0, 0.1) is 5.82 Å². The van der Waals surface area contributed by atoms with E-state index in [0.29, 0.717) is 12.4 Å². The highest BCUT2D eigenvalue weighted by atomic mass is 19.1. The lowest BCUT2D eigenvalue weighted by Gasteiger charge is -2.19. The molecule has 0 unspecified atom stereocenters. The molecule has 0 bridgehead atoms. The molecule has 0 fully saturated rings. The molecule has 0 radical (unpaired) electrons. The molecule has 0 amide bonds. The molecule has 0 saturated heterocycles. The molecule has 0 atom stereocenters. The lowest BCUT2D eigenvalue weighted by atomic mass is 10.2. The van der Waals surface area contributed by atoms with Crippen molar-refractivity contribution in [2.75, 3.05) is 13.3 Å². The summed E-state index contributed by atoms with van der Waals surface area (Å²) < 4.78 is 29.4. The van der Waals surface area contributed by atoms with Crippen LogP contribution in [0.4, 0.5) is 4.39 Å². The number of nitrogens with zero attached hydrogens (tertiary/aromatic N) is 2. The van der Waals surface area contributed by atoms with Gasteiger partial charge in [-0.05, 0) is 48.5 Å². The maximum Gasteiger partial charge on any atom is 0.231 e. The summed E-state index contributed by atoms with van der Waals surface area (Å²) >= 11 is 0. The van der Waals surface area contributed by atoms with Gasteiger partial charge in [0.2, 0.25) is 12.7 Å². The average Bonchev–Trinajstić information content (AvgIpc) is 3.30. The van der Waals surface area contributed by atoms with Crippen molar-refractivity contribution in [1.29, 1.82) is 0 Å². The first kappa shape index (κ1) is 16.6. The van der Waals surface area contributed by atoms with Crippen molar-refractivity contribution in [3.8, 4) is 23.0 Å². The van der Waals surface area contributed by atoms with E-state index in [4.69, 9.17) is 13.9 Å². The number of benzene rings is 2. The predicted molar refractivity (Wildman–Crippen MR) is 94.3 cm³/mol. The number of rotatable bonds is 6. The van der Waals surface area contributed by atoms with E-state index >= 15 is 0 Å². The van der Waals surface area contributed by atoms with Crippen molar-refractivity contribution < 1.29 is 18.3 Å². The fourth-order valence-electron chi connectivity index (χ4n) is 2.91. The van der Waals surface area contributed by atoms with Crippen molar-refractivity contribution in [2.45, 2.75) is 20.0 Å². The first-order chi connectivity index (χ1) is 12.7. The normalized spacial score (nSPS) is 12.7. The highest BCUT2D eigenvalue weighted by Crippen LogP contribution is 2.33. The molecular weight excluding hydrogens is 335 g/mol. The van der Waals surface area contributed by atoms with E-state index in [2.05, 4.69) is 16.8 Å². The summed E-state index contributed by atoms with van der Waals surface area (Å²) in [6.45, 7) is 4.68. The molecule has 3 aromatic rings. The van der Waals surface area contributed by atoms with Crippen molar-refractivity contribution in [1.82, 2.24) is 9.88 Å². The summed E-state index contributed by atoms with van der Waals surface area (Å²) in [5.41, 5.74) is 2.75. The molecule has 1 aliphatic heterocycles. The van der Waals surface area contributed by atoms with Gasteiger partial charge in [0.1, 0.15) is 12.1 Å². The second-order valence-electron chi connectivity index (χ2n) is 6.14. The summed E-state index contributed by atoms with van der Waals surface area (Å²) in [7, 11) is 0. The number of fused-ring (bicyclic) bond motifs is 1. The first-order valence-corrected chi connectivity index (χ1v) is 8.52. The van der Waals surface area contributed by atoms with Crippen LogP contribution in [-0.2, 0) is 13.1 Å². The van der Waals surface area contributed by atoms with Gasteiger partial charge in [0.25, 0.3) is 0 Å². The van der Waals surface area contributed by atoms with Gasteiger partial charge in [-0.2, -0.15) is 0 Å². The Balaban J connectivity index is 1.44. The van der Waals surface area contributed by atoms with Crippen LogP contribution in [0.1, 0.15) is 18.2 Å². The Labute approximate surface area is 151 Å². The zero-order chi connectivity index (χ0) is 17.9. The van der Waals surface area contributed by atoms with Crippen LogP contribution >= 0.6 is 0 Å². The van der Waals surface area contributed by atoms with Crippen LogP contribution in [-0.4, -0.2) is 23.2 Å². The lowest BCUT2D eigenvalue weighted by molar-refractivity contribution is 0.174. The number of halogens is 1. The highest BCUT2D eigenvalue weighted by Gasteiger charge is 2.15. The first-order valence-electron chi connectivity index (χ1n) is 8.52. The Hall–Kier alpha value is -2.86.